The molecule has 3 aliphatic rings. The van der Waals surface area contributed by atoms with Crippen LogP contribution < -0.4 is 16.0 Å². The van der Waals surface area contributed by atoms with Gasteiger partial charge in [0.25, 0.3) is 5.91 Å². The molecule has 32 heavy (non-hydrogen) atoms. The molecular formula is C25H28N4O3. The largest absolute Gasteiger partial charge is 0.450 e. The predicted octanol–water partition coefficient (Wildman–Crippen LogP) is 4.07. The lowest BCUT2D eigenvalue weighted by Gasteiger charge is -2.44. The quantitative estimate of drug-likeness (QED) is 0.567. The van der Waals surface area contributed by atoms with Gasteiger partial charge in [0, 0.05) is 35.6 Å². The van der Waals surface area contributed by atoms with Gasteiger partial charge >= 0.3 is 6.03 Å². The number of furan rings is 1. The summed E-state index contributed by atoms with van der Waals surface area (Å²) in [4.78, 5) is 27.5. The summed E-state index contributed by atoms with van der Waals surface area (Å²) in [6.07, 6.45) is 2.29. The molecular weight excluding hydrogens is 404 g/mol. The van der Waals surface area contributed by atoms with Crippen LogP contribution in [0.1, 0.15) is 30.3 Å². The van der Waals surface area contributed by atoms with E-state index in [2.05, 4.69) is 20.9 Å². The highest BCUT2D eigenvalue weighted by Crippen LogP contribution is 2.35. The van der Waals surface area contributed by atoms with E-state index in [0.29, 0.717) is 29.5 Å². The van der Waals surface area contributed by atoms with Crippen LogP contribution >= 0.6 is 0 Å². The number of carbonyl (C=O) groups is 2. The third-order valence-electron chi connectivity index (χ3n) is 6.54. The van der Waals surface area contributed by atoms with E-state index in [9.17, 15) is 9.59 Å². The average molecular weight is 433 g/mol. The number of hydrogen-bond donors (Lipinski definition) is 3. The van der Waals surface area contributed by atoms with Gasteiger partial charge in [-0.3, -0.25) is 4.79 Å². The number of hydrogen-bond acceptors (Lipinski definition) is 4. The van der Waals surface area contributed by atoms with Gasteiger partial charge in [0.2, 0.25) is 0 Å². The topological polar surface area (TPSA) is 86.6 Å². The van der Waals surface area contributed by atoms with Gasteiger partial charge in [-0.15, -0.1) is 0 Å². The fourth-order valence-electron chi connectivity index (χ4n) is 4.91. The standard InChI is InChI=1S/C25H28N4O3/c1-2-26-25(31)28-20-9-4-3-7-18(20)19-8-5-6-17-14-22(32-23(17)19)24(30)27-21-15-29-12-10-16(21)11-13-29/h3-9,14,16,21H,2,10-13,15H2,1H3,(H,27,30)(H2,26,28,31). The maximum Gasteiger partial charge on any atom is 0.319 e. The van der Waals surface area contributed by atoms with Gasteiger partial charge < -0.3 is 25.3 Å². The summed E-state index contributed by atoms with van der Waals surface area (Å²) >= 11 is 0. The van der Waals surface area contributed by atoms with Gasteiger partial charge in [-0.1, -0.05) is 36.4 Å². The number of nitrogens with one attached hydrogen (secondary N) is 3. The van der Waals surface area contributed by atoms with E-state index in [-0.39, 0.29) is 18.0 Å². The first-order valence-electron chi connectivity index (χ1n) is 11.3. The number of carbonyl (C=O) groups excluding carboxylic acids is 2. The molecule has 166 valence electrons. The SMILES string of the molecule is CCNC(=O)Nc1ccccc1-c1cccc2cc(C(=O)NC3CN4CCC3CC4)oc12. The molecule has 7 heteroatoms. The van der Waals surface area contributed by atoms with E-state index in [1.165, 1.54) is 0 Å². The van der Waals surface area contributed by atoms with Crippen LogP contribution in [0.15, 0.2) is 52.9 Å². The smallest absolute Gasteiger partial charge is 0.319 e. The number of fused-ring (bicyclic) bond motifs is 4. The Balaban J connectivity index is 1.43. The van der Waals surface area contributed by atoms with Gasteiger partial charge in [0.15, 0.2) is 5.76 Å². The summed E-state index contributed by atoms with van der Waals surface area (Å²) in [5.41, 5.74) is 2.98. The van der Waals surface area contributed by atoms with Crippen LogP contribution in [0.25, 0.3) is 22.1 Å². The molecule has 3 N–H and O–H groups in total. The minimum atomic E-state index is -0.260. The van der Waals surface area contributed by atoms with Crippen molar-refractivity contribution in [3.63, 3.8) is 0 Å². The number of piperidine rings is 3. The number of urea groups is 1. The summed E-state index contributed by atoms with van der Waals surface area (Å²) in [5, 5.41) is 9.70. The van der Waals surface area contributed by atoms with Crippen LogP contribution in [-0.2, 0) is 0 Å². The fourth-order valence-corrected chi connectivity index (χ4v) is 4.91. The van der Waals surface area contributed by atoms with Crippen LogP contribution in [0.5, 0.6) is 0 Å². The molecule has 2 aromatic carbocycles. The molecule has 2 bridgehead atoms. The predicted molar refractivity (Wildman–Crippen MR) is 125 cm³/mol. The lowest BCUT2D eigenvalue weighted by molar-refractivity contribution is 0.0607. The molecule has 1 aromatic heterocycles. The zero-order chi connectivity index (χ0) is 22.1. The van der Waals surface area contributed by atoms with Crippen LogP contribution in [0, 0.1) is 5.92 Å². The minimum absolute atomic E-state index is 0.167. The minimum Gasteiger partial charge on any atom is -0.450 e. The maximum absolute atomic E-state index is 13.0. The first kappa shape index (κ1) is 20.6. The number of para-hydroxylation sites is 2. The third-order valence-corrected chi connectivity index (χ3v) is 6.54. The lowest BCUT2D eigenvalue weighted by Crippen LogP contribution is -2.57. The van der Waals surface area contributed by atoms with E-state index < -0.39 is 0 Å². The molecule has 0 radical (unpaired) electrons. The van der Waals surface area contributed by atoms with Crippen LogP contribution in [0.3, 0.4) is 0 Å². The van der Waals surface area contributed by atoms with Crippen molar-refractivity contribution in [1.29, 1.82) is 0 Å². The second-order valence-electron chi connectivity index (χ2n) is 8.58. The molecule has 3 aromatic rings. The molecule has 0 aliphatic carbocycles. The Morgan fingerprint density at radius 2 is 1.84 bits per heavy atom. The van der Waals surface area contributed by atoms with Crippen LogP contribution in [0.2, 0.25) is 0 Å². The van der Waals surface area contributed by atoms with Crippen LogP contribution in [0.4, 0.5) is 10.5 Å². The summed E-state index contributed by atoms with van der Waals surface area (Å²) in [5.74, 6) is 0.703. The second kappa shape index (κ2) is 8.67. The van der Waals surface area contributed by atoms with Crippen molar-refractivity contribution in [2.75, 3.05) is 31.5 Å². The Labute approximate surface area is 187 Å². The highest BCUT2D eigenvalue weighted by molar-refractivity contribution is 6.03. The van der Waals surface area contributed by atoms with Crippen molar-refractivity contribution in [1.82, 2.24) is 15.5 Å². The lowest BCUT2D eigenvalue weighted by atomic mass is 9.84. The molecule has 3 aliphatic heterocycles. The fraction of sp³-hybridized carbons (Fsp3) is 0.360. The zero-order valence-electron chi connectivity index (χ0n) is 18.2. The first-order valence-corrected chi connectivity index (χ1v) is 11.3. The highest BCUT2D eigenvalue weighted by atomic mass is 16.3. The summed E-state index contributed by atoms with van der Waals surface area (Å²) < 4.78 is 6.09. The Kier molecular flexibility index (Phi) is 5.57. The number of benzene rings is 2. The molecule has 0 spiro atoms. The summed E-state index contributed by atoms with van der Waals surface area (Å²) in [6.45, 7) is 5.60. The maximum atomic E-state index is 13.0. The molecule has 1 atom stereocenters. The first-order chi connectivity index (χ1) is 15.6. The Morgan fingerprint density at radius 3 is 2.59 bits per heavy atom. The molecule has 0 saturated carbocycles. The summed E-state index contributed by atoms with van der Waals surface area (Å²) in [6, 6.07) is 15.1. The average Bonchev–Trinajstić information content (AvgIpc) is 3.25. The monoisotopic (exact) mass is 432 g/mol. The number of anilines is 1. The molecule has 3 saturated heterocycles. The third kappa shape index (κ3) is 3.96. The van der Waals surface area contributed by atoms with E-state index in [1.54, 1.807) is 6.07 Å². The van der Waals surface area contributed by atoms with Crippen molar-refractivity contribution >= 4 is 28.6 Å². The van der Waals surface area contributed by atoms with Crippen molar-refractivity contribution < 1.29 is 14.0 Å². The van der Waals surface area contributed by atoms with E-state index in [4.69, 9.17) is 4.42 Å². The Morgan fingerprint density at radius 1 is 1.06 bits per heavy atom. The van der Waals surface area contributed by atoms with E-state index in [1.807, 2.05) is 49.4 Å². The molecule has 3 amide bonds. The van der Waals surface area contributed by atoms with E-state index in [0.717, 1.165) is 49.0 Å². The van der Waals surface area contributed by atoms with Gasteiger partial charge in [-0.2, -0.15) is 0 Å². The molecule has 1 unspecified atom stereocenters. The van der Waals surface area contributed by atoms with Gasteiger partial charge in [-0.25, -0.2) is 4.79 Å². The van der Waals surface area contributed by atoms with Crippen molar-refractivity contribution in [3.8, 4) is 11.1 Å². The van der Waals surface area contributed by atoms with Gasteiger partial charge in [0.05, 0.1) is 5.69 Å². The normalized spacial score (nSPS) is 22.0. The Hall–Kier alpha value is -3.32. The van der Waals surface area contributed by atoms with Crippen molar-refractivity contribution in [2.24, 2.45) is 5.92 Å². The molecule has 4 heterocycles. The van der Waals surface area contributed by atoms with Gasteiger partial charge in [0.1, 0.15) is 5.58 Å². The number of rotatable bonds is 5. The summed E-state index contributed by atoms with van der Waals surface area (Å²) in [7, 11) is 0. The molecule has 3 fully saturated rings. The number of amides is 3. The van der Waals surface area contributed by atoms with Crippen molar-refractivity contribution in [3.05, 3.63) is 54.3 Å². The molecule has 7 nitrogen and oxygen atoms in total. The highest BCUT2D eigenvalue weighted by Gasteiger charge is 2.35. The van der Waals surface area contributed by atoms with Crippen molar-refractivity contribution in [2.45, 2.75) is 25.8 Å². The molecule has 6 rings (SSSR count). The van der Waals surface area contributed by atoms with E-state index >= 15 is 0 Å². The Bertz CT molecular complexity index is 1150. The van der Waals surface area contributed by atoms with Gasteiger partial charge in [-0.05, 0) is 50.9 Å². The zero-order valence-corrected chi connectivity index (χ0v) is 18.2. The second-order valence-corrected chi connectivity index (χ2v) is 8.58. The van der Waals surface area contributed by atoms with Crippen LogP contribution in [-0.4, -0.2) is 49.1 Å². The number of nitrogens with zero attached hydrogens (tertiary/aromatic N) is 1.